The number of rotatable bonds is 11. The third-order valence-corrected chi connectivity index (χ3v) is 9.71. The van der Waals surface area contributed by atoms with Crippen molar-refractivity contribution < 1.29 is 23.7 Å². The monoisotopic (exact) mass is 778 g/mol. The van der Waals surface area contributed by atoms with Gasteiger partial charge in [-0.15, -0.1) is 0 Å². The van der Waals surface area contributed by atoms with Crippen LogP contribution in [0.5, 0.6) is 17.2 Å². The Hall–Kier alpha value is -3.28. The fourth-order valence-corrected chi connectivity index (χ4v) is 7.47. The Morgan fingerprint density at radius 1 is 1.02 bits per heavy atom. The molecule has 13 heteroatoms. The molecule has 0 spiro atoms. The number of ether oxygens (including phenoxy) is 4. The molecule has 0 fully saturated rings. The molecule has 47 heavy (non-hydrogen) atoms. The SMILES string of the molecule is CCCC1=C(C(=O)OCC)[C@@H](c2cc(Cl)ccc2OC)n2c(s/c(=C/c3cc(Br)c(OCc4ccc(Cl)cc4Cl)c(OC)c3)c2=O)=N1. The second-order valence-electron chi connectivity index (χ2n) is 10.4. The molecule has 1 aromatic heterocycles. The molecule has 1 aliphatic heterocycles. The van der Waals surface area contributed by atoms with E-state index in [1.807, 2.05) is 13.0 Å². The van der Waals surface area contributed by atoms with E-state index in [4.69, 9.17) is 58.7 Å². The van der Waals surface area contributed by atoms with E-state index in [0.717, 1.165) is 12.0 Å². The number of allylic oxidation sites excluding steroid dienone is 1. The van der Waals surface area contributed by atoms with Crippen LogP contribution in [0.1, 0.15) is 49.4 Å². The number of hydrogen-bond donors (Lipinski definition) is 0. The molecule has 246 valence electrons. The molecular weight excluding hydrogens is 751 g/mol. The molecule has 4 aromatic rings. The molecule has 0 amide bonds. The van der Waals surface area contributed by atoms with E-state index in [1.165, 1.54) is 30.1 Å². The fourth-order valence-electron chi connectivity index (χ4n) is 5.24. The van der Waals surface area contributed by atoms with E-state index >= 15 is 0 Å². The predicted octanol–water partition coefficient (Wildman–Crippen LogP) is 7.90. The first-order chi connectivity index (χ1) is 22.6. The molecule has 3 aromatic carbocycles. The van der Waals surface area contributed by atoms with Crippen LogP contribution in [-0.4, -0.2) is 31.4 Å². The van der Waals surface area contributed by atoms with Crippen LogP contribution in [0.15, 0.2) is 74.1 Å². The quantitative estimate of drug-likeness (QED) is 0.144. The maximum atomic E-state index is 14.2. The van der Waals surface area contributed by atoms with Crippen molar-refractivity contribution in [3.8, 4) is 17.2 Å². The third kappa shape index (κ3) is 7.42. The lowest BCUT2D eigenvalue weighted by atomic mass is 9.93. The van der Waals surface area contributed by atoms with E-state index in [-0.39, 0.29) is 24.3 Å². The molecule has 0 N–H and O–H groups in total. The highest BCUT2D eigenvalue weighted by Gasteiger charge is 2.36. The first-order valence-corrected chi connectivity index (χ1v) is 17.3. The number of aromatic nitrogens is 1. The predicted molar refractivity (Wildman–Crippen MR) is 189 cm³/mol. The lowest BCUT2D eigenvalue weighted by molar-refractivity contribution is -0.139. The molecule has 0 radical (unpaired) electrons. The van der Waals surface area contributed by atoms with E-state index in [9.17, 15) is 9.59 Å². The molecule has 0 unspecified atom stereocenters. The van der Waals surface area contributed by atoms with Gasteiger partial charge in [-0.25, -0.2) is 9.79 Å². The second-order valence-corrected chi connectivity index (χ2v) is 13.5. The van der Waals surface area contributed by atoms with E-state index in [2.05, 4.69) is 15.9 Å². The number of fused-ring (bicyclic) bond motifs is 1. The van der Waals surface area contributed by atoms with Crippen molar-refractivity contribution in [3.63, 3.8) is 0 Å². The summed E-state index contributed by atoms with van der Waals surface area (Å²) in [5.74, 6) is 0.830. The Balaban J connectivity index is 1.64. The average molecular weight is 781 g/mol. The highest BCUT2D eigenvalue weighted by atomic mass is 79.9. The summed E-state index contributed by atoms with van der Waals surface area (Å²) in [5, 5.41) is 1.45. The minimum absolute atomic E-state index is 0.161. The molecule has 1 aliphatic rings. The number of hydrogen-bond acceptors (Lipinski definition) is 8. The highest BCUT2D eigenvalue weighted by Crippen LogP contribution is 2.39. The van der Waals surface area contributed by atoms with Crippen molar-refractivity contribution in [2.24, 2.45) is 4.99 Å². The lowest BCUT2D eigenvalue weighted by Crippen LogP contribution is -2.40. The van der Waals surface area contributed by atoms with Crippen molar-refractivity contribution in [3.05, 3.63) is 116 Å². The smallest absolute Gasteiger partial charge is 0.338 e. The first kappa shape index (κ1) is 35.0. The van der Waals surface area contributed by atoms with Gasteiger partial charge in [0.15, 0.2) is 16.3 Å². The lowest BCUT2D eigenvalue weighted by Gasteiger charge is -2.27. The maximum absolute atomic E-state index is 14.2. The Labute approximate surface area is 298 Å². The molecule has 0 aliphatic carbocycles. The summed E-state index contributed by atoms with van der Waals surface area (Å²) in [6.07, 6.45) is 2.98. The molecule has 0 saturated heterocycles. The van der Waals surface area contributed by atoms with Crippen LogP contribution in [0.2, 0.25) is 15.1 Å². The summed E-state index contributed by atoms with van der Waals surface area (Å²) in [6.45, 7) is 4.07. The number of carbonyl (C=O) groups excluding carboxylic acids is 1. The van der Waals surface area contributed by atoms with Gasteiger partial charge in [-0.1, -0.05) is 65.6 Å². The van der Waals surface area contributed by atoms with Crippen LogP contribution >= 0.6 is 62.1 Å². The van der Waals surface area contributed by atoms with Crippen LogP contribution in [0.25, 0.3) is 6.08 Å². The third-order valence-electron chi connectivity index (χ3n) is 7.32. The molecule has 2 heterocycles. The van der Waals surface area contributed by atoms with Gasteiger partial charge >= 0.3 is 5.97 Å². The average Bonchev–Trinajstić information content (AvgIpc) is 3.34. The summed E-state index contributed by atoms with van der Waals surface area (Å²) in [6, 6.07) is 13.0. The Kier molecular flexibility index (Phi) is 11.4. The number of methoxy groups -OCH3 is 2. The molecule has 0 saturated carbocycles. The van der Waals surface area contributed by atoms with Crippen LogP contribution in [0.3, 0.4) is 0 Å². The van der Waals surface area contributed by atoms with Crippen molar-refractivity contribution in [1.82, 2.24) is 4.57 Å². The van der Waals surface area contributed by atoms with E-state index < -0.39 is 12.0 Å². The minimum Gasteiger partial charge on any atom is -0.496 e. The summed E-state index contributed by atoms with van der Waals surface area (Å²) < 4.78 is 25.4. The molecule has 1 atom stereocenters. The number of thiazole rings is 1. The van der Waals surface area contributed by atoms with Gasteiger partial charge in [0.2, 0.25) is 0 Å². The first-order valence-electron chi connectivity index (χ1n) is 14.6. The molecular formula is C34H30BrCl3N2O6S. The Bertz CT molecular complexity index is 2060. The second kappa shape index (κ2) is 15.3. The van der Waals surface area contributed by atoms with Crippen LogP contribution in [-0.2, 0) is 16.1 Å². The summed E-state index contributed by atoms with van der Waals surface area (Å²) in [7, 11) is 3.06. The standard InChI is InChI=1S/C34H30BrCl3N2O6S/c1-5-7-25-29(33(42)45-6-2)30(22-15-20(36)10-11-26(22)43-3)40-32(41)28(47-34(40)39-25)14-18-12-23(35)31(27(13-18)44-4)46-17-19-8-9-21(37)16-24(19)38/h8-16,30H,5-7,17H2,1-4H3/b28-14+/t30-/m1/s1. The van der Waals surface area contributed by atoms with Gasteiger partial charge < -0.3 is 18.9 Å². The van der Waals surface area contributed by atoms with Gasteiger partial charge in [0, 0.05) is 26.2 Å². The highest BCUT2D eigenvalue weighted by molar-refractivity contribution is 9.10. The zero-order valence-corrected chi connectivity index (χ0v) is 30.5. The number of esters is 1. The normalized spacial score (nSPS) is 14.5. The maximum Gasteiger partial charge on any atom is 0.338 e. The van der Waals surface area contributed by atoms with Gasteiger partial charge in [-0.05, 0) is 83.4 Å². The van der Waals surface area contributed by atoms with E-state index in [1.54, 1.807) is 55.5 Å². The molecule has 0 bridgehead atoms. The number of nitrogens with zero attached hydrogens (tertiary/aromatic N) is 2. The van der Waals surface area contributed by atoms with Gasteiger partial charge in [0.05, 0.1) is 41.1 Å². The Morgan fingerprint density at radius 3 is 2.43 bits per heavy atom. The largest absolute Gasteiger partial charge is 0.496 e. The van der Waals surface area contributed by atoms with Gasteiger partial charge in [0.1, 0.15) is 18.4 Å². The summed E-state index contributed by atoms with van der Waals surface area (Å²) in [4.78, 5) is 33.0. The van der Waals surface area contributed by atoms with Crippen molar-refractivity contribution in [2.75, 3.05) is 20.8 Å². The van der Waals surface area contributed by atoms with Gasteiger partial charge in [-0.2, -0.15) is 0 Å². The topological polar surface area (TPSA) is 88.4 Å². The molecule has 5 rings (SSSR count). The van der Waals surface area contributed by atoms with Crippen molar-refractivity contribution in [1.29, 1.82) is 0 Å². The van der Waals surface area contributed by atoms with Crippen LogP contribution < -0.4 is 29.1 Å². The summed E-state index contributed by atoms with van der Waals surface area (Å²) >= 11 is 23.6. The minimum atomic E-state index is -0.876. The van der Waals surface area contributed by atoms with Crippen molar-refractivity contribution in [2.45, 2.75) is 39.3 Å². The fraction of sp³-hybridized carbons (Fsp3) is 0.265. The van der Waals surface area contributed by atoms with Gasteiger partial charge in [0.25, 0.3) is 5.56 Å². The zero-order chi connectivity index (χ0) is 33.8. The Morgan fingerprint density at radius 2 is 1.74 bits per heavy atom. The van der Waals surface area contributed by atoms with Crippen LogP contribution in [0.4, 0.5) is 0 Å². The zero-order valence-electron chi connectivity index (χ0n) is 25.9. The summed E-state index contributed by atoms with van der Waals surface area (Å²) in [5.41, 5.74) is 2.46. The number of benzene rings is 3. The number of halogens is 4. The number of carbonyl (C=O) groups is 1. The van der Waals surface area contributed by atoms with Crippen molar-refractivity contribution >= 4 is 74.1 Å². The van der Waals surface area contributed by atoms with Gasteiger partial charge in [-0.3, -0.25) is 9.36 Å². The molecule has 8 nitrogen and oxygen atoms in total. The van der Waals surface area contributed by atoms with E-state index in [0.29, 0.717) is 69.4 Å². The van der Waals surface area contributed by atoms with Crippen LogP contribution in [0, 0.1) is 0 Å².